The van der Waals surface area contributed by atoms with Crippen molar-refractivity contribution in [2.75, 3.05) is 0 Å². The Kier molecular flexibility index (Phi) is 6.34. The average molecular weight is 534 g/mol. The summed E-state index contributed by atoms with van der Waals surface area (Å²) in [6, 6.07) is 24.3. The van der Waals surface area contributed by atoms with E-state index in [1.54, 1.807) is 11.6 Å². The first-order valence-corrected chi connectivity index (χ1v) is 14.5. The SMILES string of the molecule is C=CC=C(/C=C\C1C=Cc2c1[nH]c1ccc3c(c21)C1=C(CCC=C1)C3)C(N)C(N)(c1ccccc1)c1ccccc1. The normalized spacial score (nSPS) is 18.7. The van der Waals surface area contributed by atoms with Crippen LogP contribution in [0.1, 0.15) is 52.3 Å². The van der Waals surface area contributed by atoms with Gasteiger partial charge in [0.05, 0.1) is 11.6 Å². The molecule has 41 heavy (non-hydrogen) atoms. The zero-order chi connectivity index (χ0) is 28.0. The van der Waals surface area contributed by atoms with E-state index < -0.39 is 11.6 Å². The van der Waals surface area contributed by atoms with Crippen molar-refractivity contribution < 1.29 is 0 Å². The first-order valence-electron chi connectivity index (χ1n) is 14.5. The van der Waals surface area contributed by atoms with Crippen molar-refractivity contribution in [3.05, 3.63) is 167 Å². The van der Waals surface area contributed by atoms with Gasteiger partial charge in [-0.3, -0.25) is 0 Å². The minimum Gasteiger partial charge on any atom is -0.357 e. The zero-order valence-electron chi connectivity index (χ0n) is 23.2. The van der Waals surface area contributed by atoms with Crippen LogP contribution in [0.3, 0.4) is 0 Å². The molecule has 202 valence electrons. The molecule has 1 heterocycles. The number of nitrogens with two attached hydrogens (primary N) is 2. The van der Waals surface area contributed by atoms with Crippen LogP contribution in [-0.2, 0) is 12.0 Å². The lowest BCUT2D eigenvalue weighted by Gasteiger charge is -2.37. The van der Waals surface area contributed by atoms with E-state index in [1.165, 1.54) is 45.3 Å². The highest BCUT2D eigenvalue weighted by molar-refractivity contribution is 6.05. The van der Waals surface area contributed by atoms with Crippen LogP contribution in [0.25, 0.3) is 22.6 Å². The summed E-state index contributed by atoms with van der Waals surface area (Å²) in [5.41, 5.74) is 25.9. The molecule has 0 spiro atoms. The summed E-state index contributed by atoms with van der Waals surface area (Å²) in [5, 5.41) is 1.36. The Morgan fingerprint density at radius 3 is 2.41 bits per heavy atom. The Hall–Kier alpha value is -4.44. The Morgan fingerprint density at radius 1 is 0.976 bits per heavy atom. The molecule has 2 atom stereocenters. The van der Waals surface area contributed by atoms with Crippen LogP contribution in [0.5, 0.6) is 0 Å². The van der Waals surface area contributed by atoms with Gasteiger partial charge in [0.25, 0.3) is 0 Å². The van der Waals surface area contributed by atoms with Crippen molar-refractivity contribution in [3.63, 3.8) is 0 Å². The third kappa shape index (κ3) is 4.12. The second kappa shape index (κ2) is 10.2. The van der Waals surface area contributed by atoms with Gasteiger partial charge in [-0.15, -0.1) is 0 Å². The molecule has 3 aliphatic carbocycles. The molecule has 5 N–H and O–H groups in total. The number of hydrogen-bond acceptors (Lipinski definition) is 2. The number of rotatable bonds is 7. The largest absolute Gasteiger partial charge is 0.357 e. The maximum Gasteiger partial charge on any atom is 0.0861 e. The van der Waals surface area contributed by atoms with Gasteiger partial charge in [-0.25, -0.2) is 0 Å². The molecule has 0 amide bonds. The molecule has 3 heteroatoms. The summed E-state index contributed by atoms with van der Waals surface area (Å²) in [5.74, 6) is 0.117. The van der Waals surface area contributed by atoms with E-state index in [0.29, 0.717) is 0 Å². The number of nitrogens with one attached hydrogen (secondary N) is 1. The molecule has 3 aromatic carbocycles. The lowest BCUT2D eigenvalue weighted by atomic mass is 9.75. The highest BCUT2D eigenvalue weighted by Crippen LogP contribution is 2.46. The van der Waals surface area contributed by atoms with Crippen LogP contribution >= 0.6 is 0 Å². The van der Waals surface area contributed by atoms with Gasteiger partial charge in [-0.2, -0.15) is 0 Å². The van der Waals surface area contributed by atoms with Gasteiger partial charge in [-0.05, 0) is 58.7 Å². The summed E-state index contributed by atoms with van der Waals surface area (Å²) in [6.45, 7) is 3.98. The molecule has 0 saturated carbocycles. The van der Waals surface area contributed by atoms with Crippen LogP contribution in [0.4, 0.5) is 0 Å². The van der Waals surface area contributed by atoms with Gasteiger partial charge >= 0.3 is 0 Å². The van der Waals surface area contributed by atoms with Gasteiger partial charge in [0, 0.05) is 28.1 Å². The Balaban J connectivity index is 1.25. The first-order chi connectivity index (χ1) is 20.1. The number of H-pyrrole nitrogens is 1. The van der Waals surface area contributed by atoms with Crippen LogP contribution < -0.4 is 11.5 Å². The van der Waals surface area contributed by atoms with Gasteiger partial charge < -0.3 is 16.5 Å². The number of allylic oxidation sites excluding steroid dienone is 8. The molecular formula is C38H35N3. The maximum absolute atomic E-state index is 7.27. The molecule has 0 radical (unpaired) electrons. The summed E-state index contributed by atoms with van der Waals surface area (Å²) in [4.78, 5) is 3.76. The standard InChI is InChI=1S/C38H35N3/c1-2-11-26(37(39)38(40,29-13-5-3-6-14-29)30-15-7-4-8-16-30)19-18-25-20-22-32-35-33(41-36(25)32)23-21-28-24-27-12-9-10-17-31(27)34(28)35/h2-8,10-11,13-23,25,37,41H,1,9,12,24,39-40H2/b19-18-,26-11?. The number of fused-ring (bicyclic) bond motifs is 6. The molecule has 0 fully saturated rings. The van der Waals surface area contributed by atoms with Crippen LogP contribution in [-0.4, -0.2) is 11.0 Å². The lowest BCUT2D eigenvalue weighted by molar-refractivity contribution is 0.467. The molecule has 0 bridgehead atoms. The summed E-state index contributed by atoms with van der Waals surface area (Å²) >= 11 is 0. The third-order valence-electron chi connectivity index (χ3n) is 9.03. The van der Waals surface area contributed by atoms with Gasteiger partial charge in [-0.1, -0.05) is 127 Å². The molecule has 7 rings (SSSR count). The Morgan fingerprint density at radius 2 is 1.71 bits per heavy atom. The van der Waals surface area contributed by atoms with Gasteiger partial charge in [0.1, 0.15) is 0 Å². The van der Waals surface area contributed by atoms with E-state index in [4.69, 9.17) is 11.5 Å². The minimum atomic E-state index is -0.918. The highest BCUT2D eigenvalue weighted by Gasteiger charge is 2.38. The average Bonchev–Trinajstić information content (AvgIpc) is 3.71. The van der Waals surface area contributed by atoms with Crippen molar-refractivity contribution in [2.45, 2.75) is 36.8 Å². The third-order valence-corrected chi connectivity index (χ3v) is 9.03. The molecule has 2 unspecified atom stereocenters. The Bertz CT molecular complexity index is 1760. The molecule has 0 saturated heterocycles. The van der Waals surface area contributed by atoms with Crippen molar-refractivity contribution in [1.82, 2.24) is 4.98 Å². The number of benzene rings is 3. The van der Waals surface area contributed by atoms with Crippen LogP contribution in [0, 0.1) is 0 Å². The quantitative estimate of drug-likeness (QED) is 0.212. The van der Waals surface area contributed by atoms with E-state index in [-0.39, 0.29) is 5.92 Å². The maximum atomic E-state index is 7.27. The summed E-state index contributed by atoms with van der Waals surface area (Å²) in [7, 11) is 0. The first kappa shape index (κ1) is 25.5. The van der Waals surface area contributed by atoms with Crippen molar-refractivity contribution >= 4 is 22.6 Å². The molecule has 1 aromatic heterocycles. The van der Waals surface area contributed by atoms with E-state index >= 15 is 0 Å². The molecule has 3 nitrogen and oxygen atoms in total. The fraction of sp³-hybridized carbons (Fsp3) is 0.158. The predicted octanol–water partition coefficient (Wildman–Crippen LogP) is 7.84. The van der Waals surface area contributed by atoms with E-state index in [0.717, 1.165) is 29.5 Å². The zero-order valence-corrected chi connectivity index (χ0v) is 23.2. The Labute approximate surface area is 242 Å². The molecular weight excluding hydrogens is 498 g/mol. The monoisotopic (exact) mass is 533 g/mol. The van der Waals surface area contributed by atoms with E-state index in [1.807, 2.05) is 42.5 Å². The van der Waals surface area contributed by atoms with Crippen LogP contribution in [0.15, 0.2) is 133 Å². The van der Waals surface area contributed by atoms with Crippen molar-refractivity contribution in [3.8, 4) is 0 Å². The van der Waals surface area contributed by atoms with E-state index in [2.05, 4.69) is 84.4 Å². The number of hydrogen-bond donors (Lipinski definition) is 3. The smallest absolute Gasteiger partial charge is 0.0861 e. The number of aromatic amines is 1. The fourth-order valence-corrected chi connectivity index (χ4v) is 6.94. The second-order valence-electron chi connectivity index (χ2n) is 11.3. The predicted molar refractivity (Wildman–Crippen MR) is 172 cm³/mol. The fourth-order valence-electron chi connectivity index (χ4n) is 6.94. The van der Waals surface area contributed by atoms with Gasteiger partial charge in [0.2, 0.25) is 0 Å². The second-order valence-corrected chi connectivity index (χ2v) is 11.3. The highest BCUT2D eigenvalue weighted by atomic mass is 14.9. The molecule has 0 aliphatic heterocycles. The topological polar surface area (TPSA) is 67.8 Å². The summed E-state index contributed by atoms with van der Waals surface area (Å²) < 4.78 is 0. The lowest BCUT2D eigenvalue weighted by Crippen LogP contribution is -2.54. The molecule has 4 aromatic rings. The minimum absolute atomic E-state index is 0.117. The molecule has 3 aliphatic rings. The van der Waals surface area contributed by atoms with Crippen molar-refractivity contribution in [2.24, 2.45) is 11.5 Å². The van der Waals surface area contributed by atoms with E-state index in [9.17, 15) is 0 Å². The van der Waals surface area contributed by atoms with Crippen molar-refractivity contribution in [1.29, 1.82) is 0 Å². The van der Waals surface area contributed by atoms with Crippen LogP contribution in [0.2, 0.25) is 0 Å². The number of aromatic nitrogens is 1. The van der Waals surface area contributed by atoms with Gasteiger partial charge in [0.15, 0.2) is 0 Å². The summed E-state index contributed by atoms with van der Waals surface area (Å²) in [6.07, 6.45) is 20.8.